The molecule has 4 rings (SSSR count). The third kappa shape index (κ3) is 7.18. The Morgan fingerprint density at radius 2 is 1.55 bits per heavy atom. The van der Waals surface area contributed by atoms with E-state index in [0.717, 1.165) is 5.56 Å². The van der Waals surface area contributed by atoms with Crippen molar-refractivity contribution in [2.75, 3.05) is 16.9 Å². The Hall–Kier alpha value is -4.21. The summed E-state index contributed by atoms with van der Waals surface area (Å²) < 4.78 is 24.4. The van der Waals surface area contributed by atoms with Gasteiger partial charge in [-0.1, -0.05) is 72.3 Å². The zero-order chi connectivity index (χ0) is 27.1. The van der Waals surface area contributed by atoms with Gasteiger partial charge in [-0.15, -0.1) is 0 Å². The molecule has 0 fully saturated rings. The van der Waals surface area contributed by atoms with Crippen LogP contribution in [-0.2, 0) is 21.1 Å². The van der Waals surface area contributed by atoms with E-state index in [1.54, 1.807) is 60.7 Å². The maximum Gasteiger partial charge on any atom is 0.321 e. The highest BCUT2D eigenvalue weighted by atomic mass is 35.5. The summed E-state index contributed by atoms with van der Waals surface area (Å²) in [5.74, 6) is -0.131. The monoisotopic (exact) mass is 548 g/mol. The van der Waals surface area contributed by atoms with Crippen LogP contribution in [0.3, 0.4) is 0 Å². The van der Waals surface area contributed by atoms with Gasteiger partial charge in [0.2, 0.25) is 5.91 Å². The highest BCUT2D eigenvalue weighted by Crippen LogP contribution is 2.28. The van der Waals surface area contributed by atoms with Crippen LogP contribution in [0.5, 0.6) is 0 Å². The minimum atomic E-state index is -3.42. The van der Waals surface area contributed by atoms with Crippen LogP contribution < -0.4 is 16.0 Å². The first kappa shape index (κ1) is 26.8. The predicted octanol–water partition coefficient (Wildman–Crippen LogP) is 5.18. The number of hydrogen-bond acceptors (Lipinski definition) is 5. The van der Waals surface area contributed by atoms with E-state index in [1.807, 2.05) is 30.3 Å². The number of nitrogens with one attached hydrogen (secondary N) is 3. The van der Waals surface area contributed by atoms with Crippen molar-refractivity contribution in [1.82, 2.24) is 10.3 Å². The summed E-state index contributed by atoms with van der Waals surface area (Å²) in [6.07, 6.45) is 2.83. The topological polar surface area (TPSA) is 117 Å². The molecule has 0 aliphatic heterocycles. The third-order valence-corrected chi connectivity index (χ3v) is 7.00. The molecule has 4 aromatic rings. The SMILES string of the molecule is CS(=O)(=O)c1ccccc1-c1ccc(NC(=O)C(Cc2ccccc2)NC(=O)Nc2ccc(Cl)cn2)cc1. The van der Waals surface area contributed by atoms with Crippen LogP contribution in [0.4, 0.5) is 16.3 Å². The second-order valence-electron chi connectivity index (χ2n) is 8.54. The number of halogens is 1. The van der Waals surface area contributed by atoms with E-state index in [1.165, 1.54) is 12.5 Å². The number of sulfone groups is 1. The van der Waals surface area contributed by atoms with E-state index < -0.39 is 27.8 Å². The number of aromatic nitrogens is 1. The maximum atomic E-state index is 13.2. The molecule has 10 heteroatoms. The fraction of sp³-hybridized carbons (Fsp3) is 0.107. The Morgan fingerprint density at radius 3 is 2.21 bits per heavy atom. The molecule has 8 nitrogen and oxygen atoms in total. The second kappa shape index (κ2) is 11.9. The molecule has 0 aliphatic carbocycles. The number of urea groups is 1. The number of rotatable bonds is 8. The average Bonchev–Trinajstić information content (AvgIpc) is 2.90. The Morgan fingerprint density at radius 1 is 0.868 bits per heavy atom. The Bertz CT molecular complexity index is 1530. The van der Waals surface area contributed by atoms with Crippen LogP contribution in [0.1, 0.15) is 5.56 Å². The first-order valence-electron chi connectivity index (χ1n) is 11.6. The molecule has 0 aliphatic rings. The smallest absolute Gasteiger partial charge is 0.321 e. The van der Waals surface area contributed by atoms with Crippen LogP contribution in [0.25, 0.3) is 11.1 Å². The van der Waals surface area contributed by atoms with Gasteiger partial charge < -0.3 is 10.6 Å². The zero-order valence-electron chi connectivity index (χ0n) is 20.4. The van der Waals surface area contributed by atoms with Crippen molar-refractivity contribution >= 4 is 44.9 Å². The molecule has 3 aromatic carbocycles. The largest absolute Gasteiger partial charge is 0.326 e. The molecule has 1 aromatic heterocycles. The fourth-order valence-electron chi connectivity index (χ4n) is 3.81. The number of carbonyl (C=O) groups excluding carboxylic acids is 2. The summed E-state index contributed by atoms with van der Waals surface area (Å²) in [6, 6.07) is 24.6. The number of hydrogen-bond donors (Lipinski definition) is 3. The Balaban J connectivity index is 1.50. The van der Waals surface area contributed by atoms with E-state index in [0.29, 0.717) is 21.8 Å². The molecule has 0 radical (unpaired) electrons. The Kier molecular flexibility index (Phi) is 8.40. The lowest BCUT2D eigenvalue weighted by Gasteiger charge is -2.19. The quantitative estimate of drug-likeness (QED) is 0.280. The van der Waals surface area contributed by atoms with E-state index in [9.17, 15) is 18.0 Å². The fourth-order valence-corrected chi connectivity index (χ4v) is 4.83. The molecule has 0 bridgehead atoms. The molecule has 3 N–H and O–H groups in total. The molecule has 194 valence electrons. The molecule has 1 heterocycles. The average molecular weight is 549 g/mol. The number of pyridine rings is 1. The standard InChI is InChI=1S/C28H25ClN4O4S/c1-38(36,37)25-10-6-5-9-23(25)20-11-14-22(15-12-20)31-27(34)24(17-19-7-3-2-4-8-19)32-28(35)33-26-16-13-21(29)18-30-26/h2-16,18,24H,17H2,1H3,(H,31,34)(H2,30,32,33,35). The van der Waals surface area contributed by atoms with Crippen LogP contribution in [0.2, 0.25) is 5.02 Å². The molecule has 0 saturated heterocycles. The summed E-state index contributed by atoms with van der Waals surface area (Å²) >= 11 is 5.84. The number of anilines is 2. The van der Waals surface area contributed by atoms with Gasteiger partial charge in [0.1, 0.15) is 11.9 Å². The Labute approximate surface area is 226 Å². The van der Waals surface area contributed by atoms with Gasteiger partial charge in [-0.05, 0) is 41.5 Å². The van der Waals surface area contributed by atoms with Crippen LogP contribution >= 0.6 is 11.6 Å². The van der Waals surface area contributed by atoms with E-state index in [2.05, 4.69) is 20.9 Å². The summed E-state index contributed by atoms with van der Waals surface area (Å²) in [5, 5.41) is 8.57. The lowest BCUT2D eigenvalue weighted by Crippen LogP contribution is -2.47. The van der Waals surface area contributed by atoms with Crippen molar-refractivity contribution in [2.45, 2.75) is 17.4 Å². The van der Waals surface area contributed by atoms with Gasteiger partial charge in [0.25, 0.3) is 0 Å². The van der Waals surface area contributed by atoms with E-state index >= 15 is 0 Å². The molecule has 0 spiro atoms. The van der Waals surface area contributed by atoms with Gasteiger partial charge in [-0.3, -0.25) is 10.1 Å². The number of carbonyl (C=O) groups is 2. The van der Waals surface area contributed by atoms with Gasteiger partial charge in [-0.25, -0.2) is 18.2 Å². The normalized spacial score (nSPS) is 11.8. The van der Waals surface area contributed by atoms with Gasteiger partial charge >= 0.3 is 6.03 Å². The summed E-state index contributed by atoms with van der Waals surface area (Å²) in [4.78, 5) is 30.1. The molecular weight excluding hydrogens is 524 g/mol. The van der Waals surface area contributed by atoms with Crippen LogP contribution in [-0.4, -0.2) is 37.6 Å². The van der Waals surface area contributed by atoms with Crippen molar-refractivity contribution in [1.29, 1.82) is 0 Å². The highest BCUT2D eigenvalue weighted by molar-refractivity contribution is 7.90. The molecule has 3 amide bonds. The van der Waals surface area contributed by atoms with Gasteiger partial charge in [-0.2, -0.15) is 0 Å². The van der Waals surface area contributed by atoms with Gasteiger partial charge in [0.05, 0.1) is 9.92 Å². The molecular formula is C28H25ClN4O4S. The van der Waals surface area contributed by atoms with Crippen molar-refractivity contribution in [3.8, 4) is 11.1 Å². The number of nitrogens with zero attached hydrogens (tertiary/aromatic N) is 1. The molecule has 38 heavy (non-hydrogen) atoms. The second-order valence-corrected chi connectivity index (χ2v) is 11.0. The lowest BCUT2D eigenvalue weighted by atomic mass is 10.0. The third-order valence-electron chi connectivity index (χ3n) is 5.62. The maximum absolute atomic E-state index is 13.2. The van der Waals surface area contributed by atoms with Gasteiger partial charge in [0.15, 0.2) is 9.84 Å². The minimum absolute atomic E-state index is 0.227. The van der Waals surface area contributed by atoms with E-state index in [4.69, 9.17) is 11.6 Å². The molecule has 1 atom stereocenters. The predicted molar refractivity (Wildman–Crippen MR) is 149 cm³/mol. The summed E-state index contributed by atoms with van der Waals surface area (Å²) in [7, 11) is -3.42. The zero-order valence-corrected chi connectivity index (χ0v) is 22.0. The highest BCUT2D eigenvalue weighted by Gasteiger charge is 2.22. The molecule has 1 unspecified atom stereocenters. The van der Waals surface area contributed by atoms with E-state index in [-0.39, 0.29) is 17.1 Å². The summed E-state index contributed by atoms with van der Waals surface area (Å²) in [6.45, 7) is 0. The van der Waals surface area contributed by atoms with Crippen molar-refractivity contribution in [3.63, 3.8) is 0 Å². The molecule has 0 saturated carbocycles. The van der Waals surface area contributed by atoms with Crippen molar-refractivity contribution in [3.05, 3.63) is 108 Å². The van der Waals surface area contributed by atoms with Crippen molar-refractivity contribution in [2.24, 2.45) is 0 Å². The minimum Gasteiger partial charge on any atom is -0.326 e. The lowest BCUT2D eigenvalue weighted by molar-refractivity contribution is -0.117. The first-order valence-corrected chi connectivity index (χ1v) is 13.9. The number of benzene rings is 3. The first-order chi connectivity index (χ1) is 18.2. The number of amides is 3. The summed E-state index contributed by atoms with van der Waals surface area (Å²) in [5.41, 5.74) is 2.63. The van der Waals surface area contributed by atoms with Gasteiger partial charge in [0, 0.05) is 30.1 Å². The van der Waals surface area contributed by atoms with Crippen molar-refractivity contribution < 1.29 is 18.0 Å². The van der Waals surface area contributed by atoms with Crippen LogP contribution in [0, 0.1) is 0 Å². The van der Waals surface area contributed by atoms with Crippen LogP contribution in [0.15, 0.2) is 102 Å².